The van der Waals surface area contributed by atoms with Gasteiger partial charge in [0.2, 0.25) is 11.8 Å². The highest BCUT2D eigenvalue weighted by Gasteiger charge is 2.31. The van der Waals surface area contributed by atoms with Crippen molar-refractivity contribution in [2.45, 2.75) is 31.7 Å². The third kappa shape index (κ3) is 5.29. The number of nitrogens with zero attached hydrogens (tertiary/aromatic N) is 4. The van der Waals surface area contributed by atoms with Crippen LogP contribution in [0.5, 0.6) is 5.88 Å². The highest BCUT2D eigenvalue weighted by atomic mass is 16.5. The van der Waals surface area contributed by atoms with E-state index in [1.807, 2.05) is 6.07 Å². The molecule has 1 amide bonds. The zero-order valence-electron chi connectivity index (χ0n) is 16.4. The van der Waals surface area contributed by atoms with Gasteiger partial charge in [-0.2, -0.15) is 0 Å². The second kappa shape index (κ2) is 9.85. The number of hydrogen-bond donors (Lipinski definition) is 1. The first-order valence-corrected chi connectivity index (χ1v) is 9.83. The largest absolute Gasteiger partial charge is 0.481 e. The second-order valence-electron chi connectivity index (χ2n) is 7.25. The summed E-state index contributed by atoms with van der Waals surface area (Å²) in [7, 11) is 3.27. The first kappa shape index (κ1) is 19.8. The number of nitrogens with one attached hydrogen (secondary N) is 1. The van der Waals surface area contributed by atoms with Crippen molar-refractivity contribution < 1.29 is 14.3 Å². The molecule has 1 atom stereocenters. The Kier molecular flexibility index (Phi) is 7.23. The van der Waals surface area contributed by atoms with Crippen molar-refractivity contribution in [2.75, 3.05) is 58.5 Å². The Labute approximate surface area is 161 Å². The minimum atomic E-state index is 0.0970. The van der Waals surface area contributed by atoms with Crippen molar-refractivity contribution in [3.8, 4) is 5.88 Å². The third-order valence-electron chi connectivity index (χ3n) is 5.57. The number of likely N-dealkylation sites (tertiary alicyclic amines) is 1. The number of amides is 1. The van der Waals surface area contributed by atoms with E-state index in [2.05, 4.69) is 25.1 Å². The van der Waals surface area contributed by atoms with Gasteiger partial charge in [-0.15, -0.1) is 0 Å². The van der Waals surface area contributed by atoms with Crippen molar-refractivity contribution in [1.82, 2.24) is 20.2 Å². The predicted octanol–water partition coefficient (Wildman–Crippen LogP) is 0.929. The van der Waals surface area contributed by atoms with Gasteiger partial charge in [-0.25, -0.2) is 9.97 Å². The van der Waals surface area contributed by atoms with Crippen LogP contribution in [-0.2, 0) is 9.53 Å². The van der Waals surface area contributed by atoms with E-state index < -0.39 is 0 Å². The monoisotopic (exact) mass is 377 g/mol. The van der Waals surface area contributed by atoms with Crippen molar-refractivity contribution in [3.63, 3.8) is 0 Å². The summed E-state index contributed by atoms with van der Waals surface area (Å²) in [6.45, 7) is 5.04. The van der Waals surface area contributed by atoms with E-state index in [0.717, 1.165) is 57.7 Å². The van der Waals surface area contributed by atoms with E-state index in [0.29, 0.717) is 25.1 Å². The maximum Gasteiger partial charge on any atom is 0.224 e. The molecule has 0 unspecified atom stereocenters. The van der Waals surface area contributed by atoms with Crippen LogP contribution in [-0.4, -0.2) is 80.4 Å². The fourth-order valence-corrected chi connectivity index (χ4v) is 4.05. The Hall–Kier alpha value is -1.93. The number of hydrogen-bond acceptors (Lipinski definition) is 7. The molecule has 0 aliphatic carbocycles. The summed E-state index contributed by atoms with van der Waals surface area (Å²) in [5.41, 5.74) is 0. The van der Waals surface area contributed by atoms with Crippen LogP contribution in [0.1, 0.15) is 25.7 Å². The number of rotatable bonds is 7. The van der Waals surface area contributed by atoms with Gasteiger partial charge in [-0.1, -0.05) is 0 Å². The topological polar surface area (TPSA) is 79.8 Å². The molecule has 27 heavy (non-hydrogen) atoms. The van der Waals surface area contributed by atoms with Crippen LogP contribution in [0.3, 0.4) is 0 Å². The molecule has 0 spiro atoms. The summed E-state index contributed by atoms with van der Waals surface area (Å²) in [6, 6.07) is 2.43. The van der Waals surface area contributed by atoms with Crippen molar-refractivity contribution in [2.24, 2.45) is 5.92 Å². The Bertz CT molecular complexity index is 607. The third-order valence-corrected chi connectivity index (χ3v) is 5.57. The zero-order valence-corrected chi connectivity index (χ0v) is 16.4. The molecule has 1 N–H and O–H groups in total. The summed E-state index contributed by atoms with van der Waals surface area (Å²) in [6.07, 6.45) is 5.80. The van der Waals surface area contributed by atoms with Crippen LogP contribution in [0.2, 0.25) is 0 Å². The fraction of sp³-hybridized carbons (Fsp3) is 0.737. The van der Waals surface area contributed by atoms with Gasteiger partial charge in [-0.05, 0) is 32.2 Å². The predicted molar refractivity (Wildman–Crippen MR) is 103 cm³/mol. The molecule has 0 aromatic carbocycles. The lowest BCUT2D eigenvalue weighted by Crippen LogP contribution is -2.51. The molecule has 0 bridgehead atoms. The normalized spacial score (nSPS) is 21.9. The lowest BCUT2D eigenvalue weighted by molar-refractivity contribution is -0.127. The molecule has 0 saturated carbocycles. The molecular weight excluding hydrogens is 346 g/mol. The van der Waals surface area contributed by atoms with Crippen molar-refractivity contribution in [3.05, 3.63) is 12.4 Å². The molecular formula is C19H31N5O3. The lowest BCUT2D eigenvalue weighted by atomic mass is 9.93. The Morgan fingerprint density at radius 2 is 2.04 bits per heavy atom. The molecule has 3 heterocycles. The average Bonchev–Trinajstić information content (AvgIpc) is 2.74. The summed E-state index contributed by atoms with van der Waals surface area (Å²) in [4.78, 5) is 25.6. The molecule has 2 aliphatic rings. The van der Waals surface area contributed by atoms with Gasteiger partial charge < -0.3 is 19.7 Å². The second-order valence-corrected chi connectivity index (χ2v) is 7.25. The van der Waals surface area contributed by atoms with Crippen LogP contribution < -0.4 is 15.0 Å². The van der Waals surface area contributed by atoms with Crippen LogP contribution in [0, 0.1) is 5.92 Å². The van der Waals surface area contributed by atoms with Crippen molar-refractivity contribution in [1.29, 1.82) is 0 Å². The van der Waals surface area contributed by atoms with Crippen LogP contribution in [0.4, 0.5) is 5.82 Å². The minimum Gasteiger partial charge on any atom is -0.481 e. The maximum atomic E-state index is 12.4. The number of carbonyl (C=O) groups excluding carboxylic acids is 1. The molecule has 1 aromatic rings. The van der Waals surface area contributed by atoms with Crippen LogP contribution in [0.25, 0.3) is 0 Å². The minimum absolute atomic E-state index is 0.0970. The van der Waals surface area contributed by atoms with Gasteiger partial charge in [0.05, 0.1) is 19.6 Å². The number of anilines is 1. The molecule has 8 heteroatoms. The summed E-state index contributed by atoms with van der Waals surface area (Å²) in [5.74, 6) is 1.79. The van der Waals surface area contributed by atoms with Gasteiger partial charge in [0.25, 0.3) is 0 Å². The highest BCUT2D eigenvalue weighted by Crippen LogP contribution is 2.26. The van der Waals surface area contributed by atoms with Gasteiger partial charge in [0.1, 0.15) is 12.1 Å². The van der Waals surface area contributed by atoms with Crippen molar-refractivity contribution >= 4 is 11.7 Å². The summed E-state index contributed by atoms with van der Waals surface area (Å²) >= 11 is 0. The number of ether oxygens (including phenoxy) is 2. The van der Waals surface area contributed by atoms with Crippen LogP contribution >= 0.6 is 0 Å². The van der Waals surface area contributed by atoms with E-state index >= 15 is 0 Å². The molecule has 150 valence electrons. The maximum absolute atomic E-state index is 12.4. The first-order valence-electron chi connectivity index (χ1n) is 9.83. The quantitative estimate of drug-likeness (QED) is 0.708. The van der Waals surface area contributed by atoms with E-state index in [1.54, 1.807) is 20.5 Å². The summed E-state index contributed by atoms with van der Waals surface area (Å²) < 4.78 is 10.2. The Morgan fingerprint density at radius 1 is 1.22 bits per heavy atom. The molecule has 2 saturated heterocycles. The Morgan fingerprint density at radius 3 is 2.78 bits per heavy atom. The van der Waals surface area contributed by atoms with E-state index in [4.69, 9.17) is 9.47 Å². The van der Waals surface area contributed by atoms with E-state index in [-0.39, 0.29) is 11.8 Å². The first-order chi connectivity index (χ1) is 13.2. The molecule has 8 nitrogen and oxygen atoms in total. The van der Waals surface area contributed by atoms with Gasteiger partial charge in [0, 0.05) is 45.4 Å². The van der Waals surface area contributed by atoms with E-state index in [9.17, 15) is 4.79 Å². The number of aromatic nitrogens is 2. The molecule has 3 rings (SSSR count). The van der Waals surface area contributed by atoms with Gasteiger partial charge >= 0.3 is 0 Å². The number of piperidine rings is 2. The SMILES string of the molecule is COCCNC(=O)[C@@H]1CCCN(C2CCN(c3cc(OC)ncn3)CC2)C1. The summed E-state index contributed by atoms with van der Waals surface area (Å²) in [5, 5.41) is 2.99. The zero-order chi connectivity index (χ0) is 19.1. The molecule has 2 fully saturated rings. The molecule has 1 aromatic heterocycles. The van der Waals surface area contributed by atoms with Crippen LogP contribution in [0.15, 0.2) is 12.4 Å². The lowest BCUT2D eigenvalue weighted by Gasteiger charge is -2.42. The smallest absolute Gasteiger partial charge is 0.224 e. The van der Waals surface area contributed by atoms with Gasteiger partial charge in [-0.3, -0.25) is 9.69 Å². The average molecular weight is 377 g/mol. The number of methoxy groups -OCH3 is 2. The van der Waals surface area contributed by atoms with Gasteiger partial charge in [0.15, 0.2) is 0 Å². The standard InChI is InChI=1S/C19H31N5O3/c1-26-11-7-20-19(25)15-4-3-8-24(13-15)16-5-9-23(10-6-16)17-12-18(27-2)22-14-21-17/h12,14-16H,3-11,13H2,1-2H3,(H,20,25)/t15-/m1/s1. The molecule has 0 radical (unpaired) electrons. The number of carbonyl (C=O) groups is 1. The Balaban J connectivity index is 1.49. The fourth-order valence-electron chi connectivity index (χ4n) is 4.05. The highest BCUT2D eigenvalue weighted by molar-refractivity contribution is 5.78. The molecule has 2 aliphatic heterocycles. The van der Waals surface area contributed by atoms with E-state index in [1.165, 1.54) is 0 Å².